The van der Waals surface area contributed by atoms with E-state index in [4.69, 9.17) is 11.6 Å². The second-order valence-electron chi connectivity index (χ2n) is 6.46. The van der Waals surface area contributed by atoms with Gasteiger partial charge in [0, 0.05) is 10.7 Å². The highest BCUT2D eigenvalue weighted by Crippen LogP contribution is 2.28. The first-order chi connectivity index (χ1) is 12.7. The molecule has 0 aliphatic heterocycles. The van der Waals surface area contributed by atoms with Crippen molar-refractivity contribution in [3.63, 3.8) is 0 Å². The number of aryl methyl sites for hydroxylation is 2. The molecule has 2 rings (SSSR count). The van der Waals surface area contributed by atoms with E-state index in [9.17, 15) is 13.2 Å². The van der Waals surface area contributed by atoms with Crippen molar-refractivity contribution < 1.29 is 13.2 Å². The number of rotatable bonds is 7. The number of nitrogens with zero attached hydrogens (tertiary/aromatic N) is 1. The molecule has 1 N–H and O–H groups in total. The number of benzene rings is 2. The topological polar surface area (TPSA) is 66.5 Å². The molecule has 1 amide bonds. The van der Waals surface area contributed by atoms with Crippen molar-refractivity contribution in [2.45, 2.75) is 39.7 Å². The fourth-order valence-corrected chi connectivity index (χ4v) is 4.21. The van der Waals surface area contributed by atoms with Gasteiger partial charge in [0.2, 0.25) is 15.9 Å². The maximum Gasteiger partial charge on any atom is 0.248 e. The van der Waals surface area contributed by atoms with Gasteiger partial charge in [0.1, 0.15) is 6.04 Å². The standard InChI is InChI=1S/C20H25ClN2O3S/c1-5-15-8-10-16(11-9-15)22-20(24)19(6-2)23(27(4,25)26)17-12-7-14(3)18(21)13-17/h7-13,19H,5-6H2,1-4H3,(H,22,24). The lowest BCUT2D eigenvalue weighted by molar-refractivity contribution is -0.117. The van der Waals surface area contributed by atoms with Crippen LogP contribution in [0.4, 0.5) is 11.4 Å². The number of anilines is 2. The predicted octanol–water partition coefficient (Wildman–Crippen LogP) is 4.39. The van der Waals surface area contributed by atoms with Crippen molar-refractivity contribution in [1.29, 1.82) is 0 Å². The van der Waals surface area contributed by atoms with Crippen LogP contribution in [0.25, 0.3) is 0 Å². The quantitative estimate of drug-likeness (QED) is 0.738. The molecule has 27 heavy (non-hydrogen) atoms. The monoisotopic (exact) mass is 408 g/mol. The van der Waals surface area contributed by atoms with Crippen LogP contribution in [0, 0.1) is 6.92 Å². The van der Waals surface area contributed by atoms with E-state index in [2.05, 4.69) is 12.2 Å². The smallest absolute Gasteiger partial charge is 0.248 e. The molecule has 0 aliphatic carbocycles. The maximum atomic E-state index is 12.9. The molecule has 0 bridgehead atoms. The summed E-state index contributed by atoms with van der Waals surface area (Å²) < 4.78 is 26.1. The summed E-state index contributed by atoms with van der Waals surface area (Å²) >= 11 is 6.17. The Bertz CT molecular complexity index is 911. The van der Waals surface area contributed by atoms with Crippen LogP contribution in [0.5, 0.6) is 0 Å². The van der Waals surface area contributed by atoms with Gasteiger partial charge in [0.25, 0.3) is 0 Å². The first-order valence-corrected chi connectivity index (χ1v) is 11.0. The molecule has 0 aliphatic rings. The van der Waals surface area contributed by atoms with E-state index in [0.717, 1.165) is 28.1 Å². The van der Waals surface area contributed by atoms with E-state index in [1.165, 1.54) is 0 Å². The third-order valence-corrected chi connectivity index (χ3v) is 5.96. The van der Waals surface area contributed by atoms with E-state index in [0.29, 0.717) is 22.8 Å². The molecule has 0 fully saturated rings. The minimum absolute atomic E-state index is 0.317. The minimum atomic E-state index is -3.69. The molecule has 5 nitrogen and oxygen atoms in total. The largest absolute Gasteiger partial charge is 0.324 e. The van der Waals surface area contributed by atoms with Gasteiger partial charge in [-0.2, -0.15) is 0 Å². The van der Waals surface area contributed by atoms with Crippen LogP contribution in [0.1, 0.15) is 31.4 Å². The zero-order valence-electron chi connectivity index (χ0n) is 16.0. The molecule has 146 valence electrons. The number of halogens is 1. The normalized spacial score (nSPS) is 12.5. The van der Waals surface area contributed by atoms with Crippen LogP contribution in [0.15, 0.2) is 42.5 Å². The molecule has 1 atom stereocenters. The maximum absolute atomic E-state index is 12.9. The summed E-state index contributed by atoms with van der Waals surface area (Å²) in [6, 6.07) is 11.6. The van der Waals surface area contributed by atoms with E-state index < -0.39 is 16.1 Å². The second-order valence-corrected chi connectivity index (χ2v) is 8.72. The molecule has 0 radical (unpaired) electrons. The Balaban J connectivity index is 2.36. The molecule has 0 heterocycles. The van der Waals surface area contributed by atoms with Crippen LogP contribution in [-0.2, 0) is 21.2 Å². The Hall–Kier alpha value is -2.05. The van der Waals surface area contributed by atoms with Gasteiger partial charge in [0.05, 0.1) is 11.9 Å². The lowest BCUT2D eigenvalue weighted by Gasteiger charge is -2.30. The Morgan fingerprint density at radius 3 is 2.26 bits per heavy atom. The van der Waals surface area contributed by atoms with Crippen molar-refractivity contribution in [3.8, 4) is 0 Å². The summed E-state index contributed by atoms with van der Waals surface area (Å²) in [5.74, 6) is -0.385. The zero-order valence-corrected chi connectivity index (χ0v) is 17.6. The van der Waals surface area contributed by atoms with Crippen LogP contribution in [-0.4, -0.2) is 26.6 Å². The number of amides is 1. The Morgan fingerprint density at radius 2 is 1.78 bits per heavy atom. The van der Waals surface area contributed by atoms with Crippen LogP contribution in [0.2, 0.25) is 5.02 Å². The number of hydrogen-bond donors (Lipinski definition) is 1. The summed E-state index contributed by atoms with van der Waals surface area (Å²) in [7, 11) is -3.69. The SMILES string of the molecule is CCc1ccc(NC(=O)C(CC)N(c2ccc(C)c(Cl)c2)S(C)(=O)=O)cc1. The van der Waals surface area contributed by atoms with Gasteiger partial charge in [-0.25, -0.2) is 8.42 Å². The lowest BCUT2D eigenvalue weighted by Crippen LogP contribution is -2.47. The molecule has 1 unspecified atom stereocenters. The highest BCUT2D eigenvalue weighted by molar-refractivity contribution is 7.92. The average Bonchev–Trinajstić information content (AvgIpc) is 2.61. The Morgan fingerprint density at radius 1 is 1.15 bits per heavy atom. The van der Waals surface area contributed by atoms with Crippen molar-refractivity contribution in [3.05, 3.63) is 58.6 Å². The lowest BCUT2D eigenvalue weighted by atomic mass is 10.1. The first kappa shape index (κ1) is 21.3. The summed E-state index contributed by atoms with van der Waals surface area (Å²) in [5, 5.41) is 3.27. The van der Waals surface area contributed by atoms with Crippen molar-refractivity contribution >= 4 is 38.9 Å². The zero-order chi connectivity index (χ0) is 20.2. The Kier molecular flexibility index (Phi) is 6.89. The number of sulfonamides is 1. The summed E-state index contributed by atoms with van der Waals surface area (Å²) in [4.78, 5) is 12.9. The van der Waals surface area contributed by atoms with Gasteiger partial charge in [-0.1, -0.05) is 43.6 Å². The van der Waals surface area contributed by atoms with Gasteiger partial charge < -0.3 is 5.32 Å². The molecular formula is C20H25ClN2O3S. The number of nitrogens with one attached hydrogen (secondary N) is 1. The molecule has 2 aromatic carbocycles. The Labute approximate surface area is 166 Å². The van der Waals surface area contributed by atoms with Crippen LogP contribution >= 0.6 is 11.6 Å². The highest BCUT2D eigenvalue weighted by atomic mass is 35.5. The van der Waals surface area contributed by atoms with Gasteiger partial charge in [-0.3, -0.25) is 9.10 Å². The molecule has 0 saturated carbocycles. The molecule has 2 aromatic rings. The molecular weight excluding hydrogens is 384 g/mol. The van der Waals surface area contributed by atoms with Gasteiger partial charge in [0.15, 0.2) is 0 Å². The molecule has 0 spiro atoms. The third-order valence-electron chi connectivity index (χ3n) is 4.37. The van der Waals surface area contributed by atoms with E-state index in [1.54, 1.807) is 25.1 Å². The van der Waals surface area contributed by atoms with E-state index in [-0.39, 0.29) is 5.91 Å². The molecule has 7 heteroatoms. The van der Waals surface area contributed by atoms with Crippen molar-refractivity contribution in [2.75, 3.05) is 15.9 Å². The van der Waals surface area contributed by atoms with Gasteiger partial charge in [-0.15, -0.1) is 0 Å². The number of carbonyl (C=O) groups is 1. The van der Waals surface area contributed by atoms with Crippen LogP contribution in [0.3, 0.4) is 0 Å². The minimum Gasteiger partial charge on any atom is -0.324 e. The van der Waals surface area contributed by atoms with Crippen molar-refractivity contribution in [1.82, 2.24) is 0 Å². The fraction of sp³-hybridized carbons (Fsp3) is 0.350. The predicted molar refractivity (Wildman–Crippen MR) is 112 cm³/mol. The third kappa shape index (κ3) is 5.23. The summed E-state index contributed by atoms with van der Waals surface area (Å²) in [5.41, 5.74) is 3.00. The first-order valence-electron chi connectivity index (χ1n) is 8.82. The van der Waals surface area contributed by atoms with Crippen LogP contribution < -0.4 is 9.62 Å². The van der Waals surface area contributed by atoms with Gasteiger partial charge in [-0.05, 0) is 55.2 Å². The van der Waals surface area contributed by atoms with E-state index in [1.807, 2.05) is 31.2 Å². The second kappa shape index (κ2) is 8.76. The van der Waals surface area contributed by atoms with E-state index >= 15 is 0 Å². The summed E-state index contributed by atoms with van der Waals surface area (Å²) in [6.07, 6.45) is 2.31. The average molecular weight is 409 g/mol. The number of hydrogen-bond acceptors (Lipinski definition) is 3. The van der Waals surface area contributed by atoms with Gasteiger partial charge >= 0.3 is 0 Å². The molecule has 0 aromatic heterocycles. The molecule has 0 saturated heterocycles. The fourth-order valence-electron chi connectivity index (χ4n) is 2.83. The van der Waals surface area contributed by atoms with Crippen molar-refractivity contribution in [2.24, 2.45) is 0 Å². The number of carbonyl (C=O) groups excluding carboxylic acids is 1. The summed E-state index contributed by atoms with van der Waals surface area (Å²) in [6.45, 7) is 5.66. The highest BCUT2D eigenvalue weighted by Gasteiger charge is 2.31.